The van der Waals surface area contributed by atoms with Crippen molar-refractivity contribution in [3.05, 3.63) is 12.7 Å². The first-order valence-electron chi connectivity index (χ1n) is 7.30. The van der Waals surface area contributed by atoms with Crippen LogP contribution in [-0.4, -0.2) is 71.6 Å². The van der Waals surface area contributed by atoms with Crippen molar-refractivity contribution in [3.8, 4) is 0 Å². The highest BCUT2D eigenvalue weighted by Gasteiger charge is 2.44. The predicted molar refractivity (Wildman–Crippen MR) is 80.8 cm³/mol. The van der Waals surface area contributed by atoms with E-state index < -0.39 is 49.4 Å². The first kappa shape index (κ1) is 17.2. The van der Waals surface area contributed by atoms with Gasteiger partial charge in [0.25, 0.3) is 0 Å². The van der Waals surface area contributed by atoms with E-state index in [0.29, 0.717) is 0 Å². The molecule has 2 aromatic heterocycles. The highest BCUT2D eigenvalue weighted by atomic mass is 16.6. The number of hydrogen-bond donors (Lipinski definition) is 5. The SMILES string of the molecule is NC(=O)CC(=O)Nc1ncnc2c1ncn2[C@@H]1O[C@H](CO)[C@@H](O)[C@H]1O. The maximum atomic E-state index is 11.7. The molecule has 0 unspecified atom stereocenters. The van der Waals surface area contributed by atoms with Crippen LogP contribution in [0.25, 0.3) is 11.2 Å². The molecule has 3 heterocycles. The van der Waals surface area contributed by atoms with Gasteiger partial charge in [0.05, 0.1) is 12.9 Å². The predicted octanol–water partition coefficient (Wildman–Crippen LogP) is -2.75. The number of aromatic nitrogens is 4. The molecule has 12 heteroatoms. The van der Waals surface area contributed by atoms with Crippen molar-refractivity contribution in [3.63, 3.8) is 0 Å². The van der Waals surface area contributed by atoms with E-state index in [1.54, 1.807) is 0 Å². The molecule has 134 valence electrons. The molecule has 0 spiro atoms. The number of primary amides is 1. The topological polar surface area (TPSA) is 186 Å². The lowest BCUT2D eigenvalue weighted by molar-refractivity contribution is -0.124. The van der Waals surface area contributed by atoms with Gasteiger partial charge in [-0.05, 0) is 0 Å². The number of fused-ring (bicyclic) bond motifs is 1. The van der Waals surface area contributed by atoms with Crippen LogP contribution in [0.3, 0.4) is 0 Å². The van der Waals surface area contributed by atoms with E-state index in [2.05, 4.69) is 20.3 Å². The molecule has 0 aliphatic carbocycles. The van der Waals surface area contributed by atoms with Gasteiger partial charge in [-0.3, -0.25) is 14.2 Å². The molecule has 1 saturated heterocycles. The molecule has 3 rings (SSSR count). The van der Waals surface area contributed by atoms with Crippen LogP contribution in [0.15, 0.2) is 12.7 Å². The van der Waals surface area contributed by atoms with Gasteiger partial charge in [0.2, 0.25) is 11.8 Å². The Hall–Kier alpha value is -2.67. The van der Waals surface area contributed by atoms with Gasteiger partial charge in [-0.2, -0.15) is 0 Å². The number of rotatable bonds is 5. The molecule has 1 fully saturated rings. The van der Waals surface area contributed by atoms with Crippen molar-refractivity contribution in [2.24, 2.45) is 5.73 Å². The Morgan fingerprint density at radius 3 is 2.68 bits per heavy atom. The Morgan fingerprint density at radius 1 is 1.28 bits per heavy atom. The van der Waals surface area contributed by atoms with Crippen LogP contribution in [0.4, 0.5) is 5.82 Å². The molecule has 0 radical (unpaired) electrons. The zero-order valence-electron chi connectivity index (χ0n) is 12.8. The minimum Gasteiger partial charge on any atom is -0.394 e. The summed E-state index contributed by atoms with van der Waals surface area (Å²) in [5.74, 6) is -1.39. The summed E-state index contributed by atoms with van der Waals surface area (Å²) in [4.78, 5) is 34.5. The average Bonchev–Trinajstić information content (AvgIpc) is 3.10. The molecule has 1 aliphatic heterocycles. The summed E-state index contributed by atoms with van der Waals surface area (Å²) in [6.07, 6.45) is -2.62. The summed E-state index contributed by atoms with van der Waals surface area (Å²) in [5, 5.41) is 31.5. The van der Waals surface area contributed by atoms with Gasteiger partial charge in [-0.25, -0.2) is 15.0 Å². The Kier molecular flexibility index (Phi) is 4.59. The van der Waals surface area contributed by atoms with E-state index in [1.165, 1.54) is 10.9 Å². The lowest BCUT2D eigenvalue weighted by atomic mass is 10.1. The Labute approximate surface area is 140 Å². The summed E-state index contributed by atoms with van der Waals surface area (Å²) in [7, 11) is 0. The number of aliphatic hydroxyl groups excluding tert-OH is 3. The smallest absolute Gasteiger partial charge is 0.235 e. The molecule has 0 bridgehead atoms. The van der Waals surface area contributed by atoms with E-state index in [0.717, 1.165) is 6.33 Å². The highest BCUT2D eigenvalue weighted by molar-refractivity contribution is 6.05. The Bertz CT molecular complexity index is 809. The molecule has 2 amide bonds. The third kappa shape index (κ3) is 3.15. The van der Waals surface area contributed by atoms with Crippen molar-refractivity contribution in [2.45, 2.75) is 31.0 Å². The molecular formula is C13H16N6O6. The van der Waals surface area contributed by atoms with E-state index in [9.17, 15) is 19.8 Å². The van der Waals surface area contributed by atoms with Crippen molar-refractivity contribution in [1.29, 1.82) is 0 Å². The molecule has 12 nitrogen and oxygen atoms in total. The molecule has 1 aliphatic rings. The van der Waals surface area contributed by atoms with Crippen LogP contribution in [0.5, 0.6) is 0 Å². The molecule has 0 aromatic carbocycles. The third-order valence-corrected chi connectivity index (χ3v) is 3.74. The average molecular weight is 352 g/mol. The molecule has 0 saturated carbocycles. The number of hydrogen-bond acceptors (Lipinski definition) is 9. The van der Waals surface area contributed by atoms with Crippen LogP contribution in [-0.2, 0) is 14.3 Å². The van der Waals surface area contributed by atoms with E-state index >= 15 is 0 Å². The van der Waals surface area contributed by atoms with Crippen molar-refractivity contribution in [1.82, 2.24) is 19.5 Å². The summed E-state index contributed by atoms with van der Waals surface area (Å²) < 4.78 is 6.78. The number of imidazole rings is 1. The lowest BCUT2D eigenvalue weighted by Gasteiger charge is -2.16. The number of nitrogens with zero attached hydrogens (tertiary/aromatic N) is 4. The standard InChI is InChI=1S/C13H16N6O6/c14-6(21)1-7(22)18-11-8-12(16-3-15-11)19(4-17-8)13-10(24)9(23)5(2-20)25-13/h3-5,9-10,13,20,23-24H,1-2H2,(H2,14,21)(H,15,16,18,22)/t5-,9-,10-,13-/m1/s1. The van der Waals surface area contributed by atoms with Crippen LogP contribution >= 0.6 is 0 Å². The fourth-order valence-corrected chi connectivity index (χ4v) is 2.57. The first-order chi connectivity index (χ1) is 11.9. The molecule has 2 aromatic rings. The van der Waals surface area contributed by atoms with Gasteiger partial charge in [0.15, 0.2) is 23.2 Å². The fourth-order valence-electron chi connectivity index (χ4n) is 2.57. The highest BCUT2D eigenvalue weighted by Crippen LogP contribution is 2.32. The monoisotopic (exact) mass is 352 g/mol. The normalized spacial score (nSPS) is 26.0. The Morgan fingerprint density at radius 2 is 2.04 bits per heavy atom. The van der Waals surface area contributed by atoms with Gasteiger partial charge < -0.3 is 31.1 Å². The number of anilines is 1. The minimum atomic E-state index is -1.31. The van der Waals surface area contributed by atoms with Gasteiger partial charge >= 0.3 is 0 Å². The third-order valence-electron chi connectivity index (χ3n) is 3.74. The maximum absolute atomic E-state index is 11.7. The number of nitrogens with two attached hydrogens (primary N) is 1. The number of amides is 2. The second-order valence-corrected chi connectivity index (χ2v) is 5.47. The van der Waals surface area contributed by atoms with Gasteiger partial charge in [-0.15, -0.1) is 0 Å². The number of carbonyl (C=O) groups is 2. The van der Waals surface area contributed by atoms with Crippen LogP contribution in [0.1, 0.15) is 12.6 Å². The van der Waals surface area contributed by atoms with E-state index in [1.807, 2.05) is 0 Å². The zero-order valence-corrected chi connectivity index (χ0v) is 12.8. The molecular weight excluding hydrogens is 336 g/mol. The number of carbonyl (C=O) groups excluding carboxylic acids is 2. The number of ether oxygens (including phenoxy) is 1. The Balaban J connectivity index is 1.91. The zero-order chi connectivity index (χ0) is 18.1. The van der Waals surface area contributed by atoms with Gasteiger partial charge in [-0.1, -0.05) is 0 Å². The van der Waals surface area contributed by atoms with Crippen LogP contribution in [0, 0.1) is 0 Å². The van der Waals surface area contributed by atoms with Crippen LogP contribution in [0.2, 0.25) is 0 Å². The largest absolute Gasteiger partial charge is 0.394 e. The summed E-state index contributed by atoms with van der Waals surface area (Å²) in [5.41, 5.74) is 5.37. The molecule has 25 heavy (non-hydrogen) atoms. The quantitative estimate of drug-likeness (QED) is 0.356. The van der Waals surface area contributed by atoms with Crippen molar-refractivity contribution in [2.75, 3.05) is 11.9 Å². The summed E-state index contributed by atoms with van der Waals surface area (Å²) in [6, 6.07) is 0. The van der Waals surface area contributed by atoms with Gasteiger partial charge in [0, 0.05) is 0 Å². The molecule has 6 N–H and O–H groups in total. The second-order valence-electron chi connectivity index (χ2n) is 5.47. The number of nitrogens with one attached hydrogen (secondary N) is 1. The second kappa shape index (κ2) is 6.68. The van der Waals surface area contributed by atoms with Crippen molar-refractivity contribution >= 4 is 28.8 Å². The van der Waals surface area contributed by atoms with E-state index in [-0.39, 0.29) is 17.0 Å². The number of aliphatic hydroxyl groups is 3. The van der Waals surface area contributed by atoms with Crippen molar-refractivity contribution < 1.29 is 29.6 Å². The van der Waals surface area contributed by atoms with Crippen LogP contribution < -0.4 is 11.1 Å². The lowest BCUT2D eigenvalue weighted by Crippen LogP contribution is -2.33. The summed E-state index contributed by atoms with van der Waals surface area (Å²) >= 11 is 0. The maximum Gasteiger partial charge on any atom is 0.235 e. The minimum absolute atomic E-state index is 0.0572. The summed E-state index contributed by atoms with van der Waals surface area (Å²) in [6.45, 7) is -0.467. The fraction of sp³-hybridized carbons (Fsp3) is 0.462. The molecule has 4 atom stereocenters. The van der Waals surface area contributed by atoms with E-state index in [4.69, 9.17) is 15.6 Å². The first-order valence-corrected chi connectivity index (χ1v) is 7.30. The van der Waals surface area contributed by atoms with Gasteiger partial charge in [0.1, 0.15) is 31.1 Å².